The van der Waals surface area contributed by atoms with Crippen molar-refractivity contribution in [2.75, 3.05) is 6.61 Å². The summed E-state index contributed by atoms with van der Waals surface area (Å²) in [5.74, 6) is 1.88. The molecule has 2 unspecified atom stereocenters. The molecule has 11 atom stereocenters. The quantitative estimate of drug-likeness (QED) is 0.283. The molecule has 6 aliphatic rings. The van der Waals surface area contributed by atoms with Gasteiger partial charge in [0.15, 0.2) is 0 Å². The number of aliphatic carboxylic acids is 1. The Kier molecular flexibility index (Phi) is 8.26. The number of carboxylic acids is 1. The zero-order valence-electron chi connectivity index (χ0n) is 31.6. The molecule has 1 aromatic rings. The van der Waals surface area contributed by atoms with E-state index in [1.165, 1.54) is 49.7 Å². The third-order valence-corrected chi connectivity index (χ3v) is 17.1. The number of hydrogen-bond acceptors (Lipinski definition) is 4. The molecular formula is C44H64N2O3. The van der Waals surface area contributed by atoms with Crippen molar-refractivity contribution in [3.05, 3.63) is 60.3 Å². The Hall–Kier alpha value is -2.40. The number of hydrogen-bond donors (Lipinski definition) is 2. The Bertz CT molecular complexity index is 1550. The molecule has 0 radical (unpaired) electrons. The van der Waals surface area contributed by atoms with E-state index in [1.807, 2.05) is 18.2 Å². The second-order valence-corrected chi connectivity index (χ2v) is 19.2. The summed E-state index contributed by atoms with van der Waals surface area (Å²) in [6.07, 6.45) is 21.9. The molecule has 0 bridgehead atoms. The molecule has 4 saturated carbocycles. The van der Waals surface area contributed by atoms with Crippen molar-refractivity contribution in [1.29, 1.82) is 0 Å². The largest absolute Gasteiger partial charge is 0.481 e. The molecule has 6 aliphatic carbocycles. The van der Waals surface area contributed by atoms with Gasteiger partial charge in [0.25, 0.3) is 0 Å². The molecule has 0 aliphatic heterocycles. The lowest BCUT2D eigenvalue weighted by atomic mass is 9.32. The van der Waals surface area contributed by atoms with Crippen LogP contribution in [0.2, 0.25) is 0 Å². The van der Waals surface area contributed by atoms with Crippen molar-refractivity contribution < 1.29 is 14.6 Å². The van der Waals surface area contributed by atoms with Gasteiger partial charge in [0, 0.05) is 23.2 Å². The monoisotopic (exact) mass is 668 g/mol. The van der Waals surface area contributed by atoms with Gasteiger partial charge in [0.2, 0.25) is 5.88 Å². The number of ether oxygens (including phenoxy) is 1. The van der Waals surface area contributed by atoms with Gasteiger partial charge < -0.3 is 15.6 Å². The maximum absolute atomic E-state index is 13.2. The molecule has 5 nitrogen and oxygen atoms in total. The fourth-order valence-electron chi connectivity index (χ4n) is 14.5. The van der Waals surface area contributed by atoms with E-state index < -0.39 is 11.4 Å². The summed E-state index contributed by atoms with van der Waals surface area (Å²) in [7, 11) is 0. The first-order valence-corrected chi connectivity index (χ1v) is 19.7. The smallest absolute Gasteiger partial charge is 0.313 e. The minimum atomic E-state index is -0.993. The summed E-state index contributed by atoms with van der Waals surface area (Å²) >= 11 is 0. The molecule has 0 saturated heterocycles. The van der Waals surface area contributed by atoms with Crippen LogP contribution in [0.25, 0.3) is 0 Å². The molecule has 1 aromatic heterocycles. The molecule has 0 aromatic carbocycles. The highest BCUT2D eigenvalue weighted by Crippen LogP contribution is 2.78. The zero-order chi connectivity index (χ0) is 35.3. The van der Waals surface area contributed by atoms with Crippen LogP contribution in [0.15, 0.2) is 60.3 Å². The summed E-state index contributed by atoms with van der Waals surface area (Å²) in [6.45, 7) is 22.3. The zero-order valence-corrected chi connectivity index (χ0v) is 31.6. The SMILES string of the molecule is C=C(C)[C@@]1(C2=CC(CC)C(COc3ccccn3)(C(=O)O)CC2)CC[C@@]2(N)CC[C@]3(C)[C@H](CC[C@@H]4[C@@]5(C)CC=CC(C)(C)[C@H]5CC[C@]43C)[C@@H]21. The van der Waals surface area contributed by atoms with Crippen LogP contribution in [0.3, 0.4) is 0 Å². The molecule has 0 amide bonds. The highest BCUT2D eigenvalue weighted by molar-refractivity contribution is 5.76. The number of carbonyl (C=O) groups is 1. The Labute approximate surface area is 296 Å². The summed E-state index contributed by atoms with van der Waals surface area (Å²) in [5.41, 5.74) is 10.0. The van der Waals surface area contributed by atoms with Crippen molar-refractivity contribution in [2.45, 2.75) is 131 Å². The number of fused-ring (bicyclic) bond motifs is 7. The lowest BCUT2D eigenvalue weighted by Crippen LogP contribution is -2.68. The molecule has 3 N–H and O–H groups in total. The summed E-state index contributed by atoms with van der Waals surface area (Å²) in [5, 5.41) is 10.8. The number of carboxylic acid groups (broad SMARTS) is 1. The van der Waals surface area contributed by atoms with Crippen molar-refractivity contribution >= 4 is 5.97 Å². The third kappa shape index (κ3) is 4.71. The minimum absolute atomic E-state index is 0.123. The Balaban J connectivity index is 1.27. The average molecular weight is 669 g/mol. The number of pyridine rings is 1. The first-order valence-electron chi connectivity index (χ1n) is 19.7. The first kappa shape index (κ1) is 35.0. The second kappa shape index (κ2) is 11.6. The van der Waals surface area contributed by atoms with Crippen LogP contribution in [0.4, 0.5) is 0 Å². The van der Waals surface area contributed by atoms with E-state index in [0.717, 1.165) is 38.0 Å². The van der Waals surface area contributed by atoms with Crippen LogP contribution in [0, 0.1) is 62.1 Å². The fraction of sp³-hybridized carbons (Fsp3) is 0.727. The topological polar surface area (TPSA) is 85.4 Å². The molecule has 0 spiro atoms. The van der Waals surface area contributed by atoms with Gasteiger partial charge in [-0.3, -0.25) is 4.79 Å². The van der Waals surface area contributed by atoms with Gasteiger partial charge in [-0.25, -0.2) is 4.98 Å². The van der Waals surface area contributed by atoms with Crippen molar-refractivity contribution in [1.82, 2.24) is 4.98 Å². The highest BCUT2D eigenvalue weighted by Gasteiger charge is 2.72. The average Bonchev–Trinajstić information content (AvgIpc) is 3.38. The van der Waals surface area contributed by atoms with Gasteiger partial charge in [-0.2, -0.15) is 0 Å². The normalized spacial score (nSPS) is 46.8. The molecule has 268 valence electrons. The number of nitrogens with zero attached hydrogens (tertiary/aromatic N) is 1. The van der Waals surface area contributed by atoms with Gasteiger partial charge in [-0.05, 0) is 141 Å². The van der Waals surface area contributed by atoms with Crippen LogP contribution in [-0.2, 0) is 4.79 Å². The Morgan fingerprint density at radius 1 is 1.00 bits per heavy atom. The molecule has 4 fully saturated rings. The molecular weight excluding hydrogens is 604 g/mol. The number of allylic oxidation sites excluding steroid dienone is 5. The van der Waals surface area contributed by atoms with Gasteiger partial charge in [0.05, 0.1) is 0 Å². The van der Waals surface area contributed by atoms with Crippen molar-refractivity contribution in [2.24, 2.45) is 67.8 Å². The second-order valence-electron chi connectivity index (χ2n) is 19.2. The summed E-state index contributed by atoms with van der Waals surface area (Å²) in [6, 6.07) is 5.54. The van der Waals surface area contributed by atoms with Gasteiger partial charge >= 0.3 is 5.97 Å². The number of nitrogens with two attached hydrogens (primary N) is 1. The van der Waals surface area contributed by atoms with Crippen molar-refractivity contribution in [3.8, 4) is 5.88 Å². The standard InChI is InChI=1S/C44H64N2O3/c1-9-30-27-31(16-21-42(30,37(47)48)28-49-35-13-10-11-26-46-35)44(29(2)3)25-24-43(45)23-22-40(7)32(36(43)44)14-15-34-39(6)19-12-18-38(4,5)33(39)17-20-41(34,40)8/h10-13,18,26-27,30,32-34,36H,2,9,14-17,19-25,28,45H2,1,3-8H3,(H,47,48)/t30?,32-,33-,34-,36+,39+,40-,41-,42?,43+,44-/m1/s1. The van der Waals surface area contributed by atoms with Gasteiger partial charge in [-0.15, -0.1) is 0 Å². The Morgan fingerprint density at radius 3 is 2.43 bits per heavy atom. The third-order valence-electron chi connectivity index (χ3n) is 17.1. The molecule has 49 heavy (non-hydrogen) atoms. The number of rotatable bonds is 7. The van der Waals surface area contributed by atoms with E-state index in [-0.39, 0.29) is 39.7 Å². The van der Waals surface area contributed by atoms with E-state index in [1.54, 1.807) is 6.20 Å². The summed E-state index contributed by atoms with van der Waals surface area (Å²) in [4.78, 5) is 17.5. The van der Waals surface area contributed by atoms with E-state index in [9.17, 15) is 9.90 Å². The molecule has 5 heteroatoms. The van der Waals surface area contributed by atoms with E-state index in [4.69, 9.17) is 17.0 Å². The van der Waals surface area contributed by atoms with E-state index >= 15 is 0 Å². The minimum Gasteiger partial charge on any atom is -0.481 e. The maximum Gasteiger partial charge on any atom is 0.313 e. The predicted octanol–water partition coefficient (Wildman–Crippen LogP) is 10.2. The Morgan fingerprint density at radius 2 is 1.76 bits per heavy atom. The van der Waals surface area contributed by atoms with Crippen LogP contribution in [0.5, 0.6) is 5.88 Å². The molecule has 1 heterocycles. The highest BCUT2D eigenvalue weighted by atomic mass is 16.5. The lowest BCUT2D eigenvalue weighted by molar-refractivity contribution is -0.221. The first-order chi connectivity index (χ1) is 23.0. The van der Waals surface area contributed by atoms with Crippen LogP contribution in [0.1, 0.15) is 126 Å². The van der Waals surface area contributed by atoms with Gasteiger partial charge in [-0.1, -0.05) is 83.6 Å². The summed E-state index contributed by atoms with van der Waals surface area (Å²) < 4.78 is 6.12. The lowest BCUT2D eigenvalue weighted by Gasteiger charge is -2.72. The van der Waals surface area contributed by atoms with Crippen LogP contribution in [-0.4, -0.2) is 28.2 Å². The van der Waals surface area contributed by atoms with E-state index in [2.05, 4.69) is 71.7 Å². The maximum atomic E-state index is 13.2. The predicted molar refractivity (Wildman–Crippen MR) is 198 cm³/mol. The van der Waals surface area contributed by atoms with Crippen LogP contribution < -0.4 is 10.5 Å². The van der Waals surface area contributed by atoms with E-state index in [0.29, 0.717) is 35.5 Å². The van der Waals surface area contributed by atoms with Crippen LogP contribution >= 0.6 is 0 Å². The van der Waals surface area contributed by atoms with Gasteiger partial charge in [0.1, 0.15) is 12.0 Å². The van der Waals surface area contributed by atoms with Crippen molar-refractivity contribution in [3.63, 3.8) is 0 Å². The fourth-order valence-corrected chi connectivity index (χ4v) is 14.5. The number of aromatic nitrogens is 1. The molecule has 7 rings (SSSR count).